The van der Waals surface area contributed by atoms with E-state index in [9.17, 15) is 0 Å². The second-order valence-corrected chi connectivity index (χ2v) is 7.27. The lowest BCUT2D eigenvalue weighted by atomic mass is 9.89. The summed E-state index contributed by atoms with van der Waals surface area (Å²) in [5.74, 6) is 2.26. The molecule has 0 unspecified atom stereocenters. The maximum Gasteiger partial charge on any atom is 0.0311 e. The van der Waals surface area contributed by atoms with Gasteiger partial charge in [-0.25, -0.2) is 0 Å². The van der Waals surface area contributed by atoms with Gasteiger partial charge >= 0.3 is 0 Å². The Labute approximate surface area is 124 Å². The minimum atomic E-state index is 0.986. The van der Waals surface area contributed by atoms with E-state index in [1.54, 1.807) is 0 Å². The number of rotatable bonds is 4. The monoisotopic (exact) mass is 326 g/mol. The molecule has 0 amide bonds. The normalized spacial score (nSPS) is 18.3. The number of thioether (sulfide) groups is 1. The molecule has 0 spiro atoms. The lowest BCUT2D eigenvalue weighted by Gasteiger charge is -2.19. The van der Waals surface area contributed by atoms with Gasteiger partial charge in [0.2, 0.25) is 0 Å². The highest BCUT2D eigenvalue weighted by Gasteiger charge is 2.11. The van der Waals surface area contributed by atoms with Gasteiger partial charge in [-0.05, 0) is 46.2 Å². The average Bonchev–Trinajstić information content (AvgIpc) is 2.34. The van der Waals surface area contributed by atoms with Crippen molar-refractivity contribution in [2.24, 2.45) is 5.92 Å². The smallest absolute Gasteiger partial charge is 0.0311 e. The van der Waals surface area contributed by atoms with Gasteiger partial charge in [0.05, 0.1) is 0 Å². The molecule has 1 aromatic carbocycles. The minimum Gasteiger partial charge on any atom is -0.125 e. The molecule has 0 N–H and O–H groups in total. The quantitative estimate of drug-likeness (QED) is 0.585. The van der Waals surface area contributed by atoms with Crippen molar-refractivity contribution >= 4 is 27.7 Å². The zero-order valence-electron chi connectivity index (χ0n) is 11.0. The summed E-state index contributed by atoms with van der Waals surface area (Å²) in [6, 6.07) is 8.57. The Kier molecular flexibility index (Phi) is 6.64. The molecule has 0 bridgehead atoms. The molecule has 0 heterocycles. The first kappa shape index (κ1) is 14.5. The number of hydrogen-bond donors (Lipinski definition) is 0. The fourth-order valence-electron chi connectivity index (χ4n) is 2.73. The second kappa shape index (κ2) is 8.27. The summed E-state index contributed by atoms with van der Waals surface area (Å²) in [4.78, 5) is 1.39. The van der Waals surface area contributed by atoms with Gasteiger partial charge in [-0.15, -0.1) is 11.8 Å². The molecule has 2 heteroatoms. The summed E-state index contributed by atoms with van der Waals surface area (Å²) in [7, 11) is 0. The fourth-order valence-corrected chi connectivity index (χ4v) is 4.41. The second-order valence-electron chi connectivity index (χ2n) is 5.28. The molecule has 0 nitrogen and oxygen atoms in total. The van der Waals surface area contributed by atoms with Gasteiger partial charge in [-0.2, -0.15) is 0 Å². The zero-order chi connectivity index (χ0) is 12.6. The van der Waals surface area contributed by atoms with E-state index >= 15 is 0 Å². The van der Waals surface area contributed by atoms with Crippen LogP contribution in [0.2, 0.25) is 0 Å². The molecule has 1 aliphatic rings. The summed E-state index contributed by atoms with van der Waals surface area (Å²) in [5, 5.41) is 0. The van der Waals surface area contributed by atoms with E-state index in [0.29, 0.717) is 0 Å². The number of benzene rings is 1. The van der Waals surface area contributed by atoms with Crippen molar-refractivity contribution in [3.63, 3.8) is 0 Å². The number of halogens is 1. The lowest BCUT2D eigenvalue weighted by Crippen LogP contribution is -2.04. The van der Waals surface area contributed by atoms with E-state index in [1.807, 2.05) is 11.8 Å². The molecule has 1 saturated carbocycles. The molecule has 1 fully saturated rings. The molecular weight excluding hydrogens is 304 g/mol. The first-order valence-electron chi connectivity index (χ1n) is 7.23. The van der Waals surface area contributed by atoms with Crippen molar-refractivity contribution < 1.29 is 0 Å². The van der Waals surface area contributed by atoms with Gasteiger partial charge in [0.25, 0.3) is 0 Å². The van der Waals surface area contributed by atoms with Crippen LogP contribution in [0.4, 0.5) is 0 Å². The van der Waals surface area contributed by atoms with Gasteiger partial charge < -0.3 is 0 Å². The van der Waals surface area contributed by atoms with Crippen LogP contribution < -0.4 is 0 Å². The van der Waals surface area contributed by atoms with Crippen LogP contribution in [0.3, 0.4) is 0 Å². The molecule has 0 atom stereocenters. The maximum absolute atomic E-state index is 3.62. The van der Waals surface area contributed by atoms with Gasteiger partial charge in [0.1, 0.15) is 0 Å². The molecular formula is C16H23BrS. The molecule has 2 rings (SSSR count). The molecule has 0 aliphatic heterocycles. The Bertz CT molecular complexity index is 343. The molecule has 0 radical (unpaired) electrons. The van der Waals surface area contributed by atoms with Crippen LogP contribution in [-0.2, 0) is 0 Å². The van der Waals surface area contributed by atoms with Crippen molar-refractivity contribution in [2.45, 2.75) is 56.3 Å². The molecule has 18 heavy (non-hydrogen) atoms. The third-order valence-electron chi connectivity index (χ3n) is 3.85. The lowest BCUT2D eigenvalue weighted by molar-refractivity contribution is 0.371. The predicted octanol–water partition coefficient (Wildman–Crippen LogP) is 6.29. The Balaban J connectivity index is 1.72. The molecule has 1 aromatic rings. The fraction of sp³-hybridized carbons (Fsp3) is 0.625. The third-order valence-corrected chi connectivity index (χ3v) is 5.91. The summed E-state index contributed by atoms with van der Waals surface area (Å²) in [5.41, 5.74) is 0. The molecule has 0 aromatic heterocycles. The summed E-state index contributed by atoms with van der Waals surface area (Å²) >= 11 is 5.63. The van der Waals surface area contributed by atoms with Crippen molar-refractivity contribution in [1.29, 1.82) is 0 Å². The Morgan fingerprint density at radius 1 is 1.00 bits per heavy atom. The summed E-state index contributed by atoms with van der Waals surface area (Å²) in [6.45, 7) is 0. The highest BCUT2D eigenvalue weighted by molar-refractivity contribution is 9.10. The van der Waals surface area contributed by atoms with Crippen molar-refractivity contribution in [1.82, 2.24) is 0 Å². The van der Waals surface area contributed by atoms with E-state index in [4.69, 9.17) is 0 Å². The Hall–Kier alpha value is 0.0500. The van der Waals surface area contributed by atoms with Gasteiger partial charge in [0, 0.05) is 9.37 Å². The van der Waals surface area contributed by atoms with E-state index in [0.717, 1.165) is 5.92 Å². The topological polar surface area (TPSA) is 0 Å². The van der Waals surface area contributed by atoms with Crippen LogP contribution >= 0.6 is 27.7 Å². The van der Waals surface area contributed by atoms with Crippen molar-refractivity contribution in [2.75, 3.05) is 5.75 Å². The molecule has 1 aliphatic carbocycles. The molecule has 0 saturated heterocycles. The van der Waals surface area contributed by atoms with Crippen LogP contribution in [0.5, 0.6) is 0 Å². The van der Waals surface area contributed by atoms with E-state index in [-0.39, 0.29) is 0 Å². The van der Waals surface area contributed by atoms with Crippen LogP contribution in [0, 0.1) is 5.92 Å². The SMILES string of the molecule is Brc1ccccc1SCCC1CCCCCCC1. The zero-order valence-corrected chi connectivity index (χ0v) is 13.4. The van der Waals surface area contributed by atoms with Crippen LogP contribution in [0.25, 0.3) is 0 Å². The van der Waals surface area contributed by atoms with Gasteiger partial charge in [-0.1, -0.05) is 57.1 Å². The Morgan fingerprint density at radius 3 is 2.39 bits per heavy atom. The van der Waals surface area contributed by atoms with Crippen LogP contribution in [0.15, 0.2) is 33.6 Å². The van der Waals surface area contributed by atoms with Gasteiger partial charge in [0.15, 0.2) is 0 Å². The minimum absolute atomic E-state index is 0.986. The molecule has 100 valence electrons. The summed E-state index contributed by atoms with van der Waals surface area (Å²) < 4.78 is 1.24. The first-order valence-corrected chi connectivity index (χ1v) is 9.01. The van der Waals surface area contributed by atoms with E-state index in [1.165, 1.54) is 66.5 Å². The first-order chi connectivity index (χ1) is 8.86. The van der Waals surface area contributed by atoms with Crippen molar-refractivity contribution in [3.05, 3.63) is 28.7 Å². The maximum atomic E-state index is 3.62. The van der Waals surface area contributed by atoms with E-state index in [2.05, 4.69) is 40.2 Å². The highest BCUT2D eigenvalue weighted by Crippen LogP contribution is 2.31. The van der Waals surface area contributed by atoms with Gasteiger partial charge in [-0.3, -0.25) is 0 Å². The van der Waals surface area contributed by atoms with Crippen LogP contribution in [-0.4, -0.2) is 5.75 Å². The third kappa shape index (κ3) is 4.97. The highest BCUT2D eigenvalue weighted by atomic mass is 79.9. The standard InChI is InChI=1S/C16H23BrS/c17-15-10-6-7-11-16(15)18-13-12-14-8-4-2-1-3-5-9-14/h6-7,10-11,14H,1-5,8-9,12-13H2. The largest absolute Gasteiger partial charge is 0.125 e. The van der Waals surface area contributed by atoms with Crippen LogP contribution in [0.1, 0.15) is 51.4 Å². The average molecular weight is 327 g/mol. The summed E-state index contributed by atoms with van der Waals surface area (Å²) in [6.07, 6.45) is 11.7. The van der Waals surface area contributed by atoms with Crippen molar-refractivity contribution in [3.8, 4) is 0 Å². The predicted molar refractivity (Wildman–Crippen MR) is 85.3 cm³/mol. The number of hydrogen-bond acceptors (Lipinski definition) is 1. The Morgan fingerprint density at radius 2 is 1.67 bits per heavy atom. The van der Waals surface area contributed by atoms with E-state index < -0.39 is 0 Å².